The molecule has 0 unspecified atom stereocenters. The van der Waals surface area contributed by atoms with E-state index in [1.54, 1.807) is 38.8 Å². The number of fused-ring (bicyclic) bond motifs is 2. The molecule has 0 saturated carbocycles. The molecular formula is C28H34N6O10. The molecular weight excluding hydrogens is 580 g/mol. The van der Waals surface area contributed by atoms with Gasteiger partial charge in [-0.05, 0) is 37.9 Å². The lowest BCUT2D eigenvalue weighted by atomic mass is 9.86. The summed E-state index contributed by atoms with van der Waals surface area (Å²) in [5, 5.41) is 14.8. The van der Waals surface area contributed by atoms with Crippen LogP contribution in [0.25, 0.3) is 5.52 Å². The Morgan fingerprint density at radius 2 is 1.91 bits per heavy atom. The Balaban J connectivity index is 1.44. The van der Waals surface area contributed by atoms with Gasteiger partial charge in [-0.2, -0.15) is 10.4 Å². The van der Waals surface area contributed by atoms with Crippen LogP contribution in [0.3, 0.4) is 0 Å². The van der Waals surface area contributed by atoms with Gasteiger partial charge in [0, 0.05) is 6.54 Å². The summed E-state index contributed by atoms with van der Waals surface area (Å²) in [5.41, 5.74) is 3.61. The largest absolute Gasteiger partial charge is 0.508 e. The number of likely N-dealkylation sites (tertiary alicyclic amines) is 1. The maximum Gasteiger partial charge on any atom is 0.508 e. The summed E-state index contributed by atoms with van der Waals surface area (Å²) in [7, 11) is 1.71. The molecule has 3 fully saturated rings. The first-order chi connectivity index (χ1) is 20.9. The molecule has 3 saturated heterocycles. The number of nitrogen functional groups attached to an aromatic ring is 1. The van der Waals surface area contributed by atoms with Gasteiger partial charge in [0.25, 0.3) is 0 Å². The molecule has 5 heterocycles. The van der Waals surface area contributed by atoms with Crippen molar-refractivity contribution < 1.29 is 47.6 Å². The van der Waals surface area contributed by atoms with Crippen LogP contribution in [0.15, 0.2) is 18.5 Å². The minimum absolute atomic E-state index is 0.120. The average Bonchev–Trinajstić information content (AvgIpc) is 3.62. The Bertz CT molecular complexity index is 1500. The molecule has 3 aliphatic heterocycles. The van der Waals surface area contributed by atoms with Crippen LogP contribution >= 0.6 is 0 Å². The van der Waals surface area contributed by atoms with Crippen molar-refractivity contribution in [3.05, 3.63) is 24.2 Å². The molecule has 0 aromatic carbocycles. The Kier molecular flexibility index (Phi) is 8.36. The molecule has 5 rings (SSSR count). The second-order valence-electron chi connectivity index (χ2n) is 11.7. The Morgan fingerprint density at radius 3 is 2.61 bits per heavy atom. The van der Waals surface area contributed by atoms with Crippen molar-refractivity contribution in [2.45, 2.75) is 76.1 Å². The first-order valence-corrected chi connectivity index (χ1v) is 14.2. The molecule has 2 N–H and O–H groups in total. The number of nitrogens with two attached hydrogens (primary N) is 1. The number of esters is 3. The van der Waals surface area contributed by atoms with Crippen LogP contribution in [0.4, 0.5) is 10.6 Å². The van der Waals surface area contributed by atoms with Gasteiger partial charge in [0.05, 0.1) is 25.1 Å². The van der Waals surface area contributed by atoms with Crippen LogP contribution in [0.2, 0.25) is 0 Å². The quantitative estimate of drug-likeness (QED) is 0.354. The lowest BCUT2D eigenvalue weighted by molar-refractivity contribution is -0.166. The second-order valence-corrected chi connectivity index (χ2v) is 11.7. The Labute approximate surface area is 252 Å². The number of ether oxygens (including phenoxy) is 6. The number of hydrogen-bond donors (Lipinski definition) is 1. The van der Waals surface area contributed by atoms with E-state index in [1.165, 1.54) is 16.9 Å². The van der Waals surface area contributed by atoms with E-state index in [0.29, 0.717) is 18.5 Å². The zero-order valence-electron chi connectivity index (χ0n) is 24.8. The SMILES string of the molecule is CCOC(=O)[C@@H]1[C@H](OC(=O)OC[C@H]2O[C@@](C#N)(c3ccc4c(N)ncnn34)[C@@H]3OC(=O)CC(C)(C)CC(=O)O[C@@H]32)CCN1C. The van der Waals surface area contributed by atoms with E-state index >= 15 is 0 Å². The number of anilines is 1. The van der Waals surface area contributed by atoms with E-state index in [1.807, 2.05) is 0 Å². The first-order valence-electron chi connectivity index (χ1n) is 14.2. The van der Waals surface area contributed by atoms with Crippen LogP contribution in [0, 0.1) is 16.7 Å². The summed E-state index contributed by atoms with van der Waals surface area (Å²) in [5.74, 6) is -1.75. The number of nitriles is 1. The topological polar surface area (TPSA) is 207 Å². The van der Waals surface area contributed by atoms with Gasteiger partial charge in [-0.25, -0.2) is 14.3 Å². The molecule has 2 aromatic heterocycles. The van der Waals surface area contributed by atoms with Gasteiger partial charge in [0.2, 0.25) is 5.60 Å². The van der Waals surface area contributed by atoms with E-state index in [-0.39, 0.29) is 31.0 Å². The van der Waals surface area contributed by atoms with Gasteiger partial charge in [-0.3, -0.25) is 19.3 Å². The predicted molar refractivity (Wildman–Crippen MR) is 146 cm³/mol. The minimum atomic E-state index is -2.07. The standard InChI is InChI=1S/C28H34N6O10/c1-5-39-25(37)21-16(8-9-33(21)4)41-26(38)40-12-17-22-23(43-20(36)11-27(2,3)10-19(35)42-22)28(13-29,44-17)18-7-6-15-24(30)31-14-32-34(15)18/h6-7,14,16-17,21-23H,5,8-12H2,1-4H3,(H2,30,31,32)/t16-,17-,21+,22-,23-,28+/m1/s1. The highest BCUT2D eigenvalue weighted by Crippen LogP contribution is 2.45. The smallest absolute Gasteiger partial charge is 0.465 e. The lowest BCUT2D eigenvalue weighted by Crippen LogP contribution is -2.46. The highest BCUT2D eigenvalue weighted by Gasteiger charge is 2.63. The molecule has 0 aliphatic carbocycles. The fourth-order valence-electron chi connectivity index (χ4n) is 5.93. The van der Waals surface area contributed by atoms with Gasteiger partial charge in [-0.15, -0.1) is 0 Å². The first kappa shape index (κ1) is 31.0. The Morgan fingerprint density at radius 1 is 1.18 bits per heavy atom. The van der Waals surface area contributed by atoms with Crippen LogP contribution in [-0.2, 0) is 48.4 Å². The summed E-state index contributed by atoms with van der Waals surface area (Å²) in [6, 6.07) is 4.35. The molecule has 44 heavy (non-hydrogen) atoms. The van der Waals surface area contributed by atoms with E-state index < -0.39 is 72.1 Å². The fourth-order valence-corrected chi connectivity index (χ4v) is 5.93. The molecule has 6 atom stereocenters. The maximum absolute atomic E-state index is 13.1. The van der Waals surface area contributed by atoms with Crippen molar-refractivity contribution in [1.29, 1.82) is 5.26 Å². The van der Waals surface area contributed by atoms with Crippen molar-refractivity contribution in [3.8, 4) is 6.07 Å². The summed E-state index contributed by atoms with van der Waals surface area (Å²) >= 11 is 0. The predicted octanol–water partition coefficient (Wildman–Crippen LogP) is 0.862. The van der Waals surface area contributed by atoms with Gasteiger partial charge >= 0.3 is 24.1 Å². The molecule has 3 aliphatic rings. The molecule has 0 bridgehead atoms. The normalized spacial score (nSPS) is 30.2. The van der Waals surface area contributed by atoms with E-state index in [0.717, 1.165) is 0 Å². The highest BCUT2D eigenvalue weighted by molar-refractivity contribution is 5.78. The summed E-state index contributed by atoms with van der Waals surface area (Å²) in [6.07, 6.45) is -4.77. The minimum Gasteiger partial charge on any atom is -0.465 e. The highest BCUT2D eigenvalue weighted by atomic mass is 16.7. The van der Waals surface area contributed by atoms with Crippen molar-refractivity contribution >= 4 is 35.4 Å². The van der Waals surface area contributed by atoms with Crippen molar-refractivity contribution in [2.24, 2.45) is 5.41 Å². The van der Waals surface area contributed by atoms with Gasteiger partial charge in [0.15, 0.2) is 18.0 Å². The van der Waals surface area contributed by atoms with Crippen molar-refractivity contribution in [1.82, 2.24) is 19.5 Å². The van der Waals surface area contributed by atoms with Gasteiger partial charge in [0.1, 0.15) is 42.8 Å². The van der Waals surface area contributed by atoms with E-state index in [2.05, 4.69) is 16.2 Å². The van der Waals surface area contributed by atoms with E-state index in [9.17, 15) is 24.4 Å². The number of rotatable bonds is 6. The molecule has 0 amide bonds. The van der Waals surface area contributed by atoms with E-state index in [4.69, 9.17) is 34.2 Å². The Hall–Kier alpha value is -4.49. The molecule has 0 spiro atoms. The molecule has 2 aromatic rings. The zero-order chi connectivity index (χ0) is 31.8. The number of nitrogens with zero attached hydrogens (tertiary/aromatic N) is 5. The van der Waals surface area contributed by atoms with Crippen LogP contribution in [-0.4, -0.2) is 101 Å². The van der Waals surface area contributed by atoms with Gasteiger partial charge < -0.3 is 34.2 Å². The zero-order valence-corrected chi connectivity index (χ0v) is 24.8. The average molecular weight is 615 g/mol. The number of aromatic nitrogens is 3. The molecule has 236 valence electrons. The van der Waals surface area contributed by atoms with Crippen molar-refractivity contribution in [3.63, 3.8) is 0 Å². The van der Waals surface area contributed by atoms with Crippen LogP contribution < -0.4 is 5.73 Å². The number of carbonyl (C=O) groups excluding carboxylic acids is 4. The third-order valence-corrected chi connectivity index (χ3v) is 7.94. The lowest BCUT2D eigenvalue weighted by Gasteiger charge is -2.28. The fraction of sp³-hybridized carbons (Fsp3) is 0.607. The van der Waals surface area contributed by atoms with Gasteiger partial charge in [-0.1, -0.05) is 13.8 Å². The summed E-state index contributed by atoms with van der Waals surface area (Å²) in [4.78, 5) is 57.1. The summed E-state index contributed by atoms with van der Waals surface area (Å²) in [6.45, 7) is 5.20. The van der Waals surface area contributed by atoms with Crippen LogP contribution in [0.1, 0.15) is 45.7 Å². The van der Waals surface area contributed by atoms with Crippen molar-refractivity contribution in [2.75, 3.05) is 32.5 Å². The summed E-state index contributed by atoms with van der Waals surface area (Å²) < 4.78 is 35.1. The molecule has 16 nitrogen and oxygen atoms in total. The third kappa shape index (κ3) is 5.72. The molecule has 16 heteroatoms. The second kappa shape index (κ2) is 11.9. The third-order valence-electron chi connectivity index (χ3n) is 7.94. The number of carbonyl (C=O) groups is 4. The molecule has 0 radical (unpaired) electrons. The maximum atomic E-state index is 13.1. The number of likely N-dealkylation sites (N-methyl/N-ethyl adjacent to an activating group) is 1. The number of hydrogen-bond acceptors (Lipinski definition) is 15. The monoisotopic (exact) mass is 614 g/mol. The van der Waals surface area contributed by atoms with Crippen LogP contribution in [0.5, 0.6) is 0 Å².